The van der Waals surface area contributed by atoms with E-state index in [0.717, 1.165) is 30.3 Å². The number of pyridine rings is 1. The summed E-state index contributed by atoms with van der Waals surface area (Å²) in [6, 6.07) is 12.7. The molecule has 0 saturated heterocycles. The molecule has 2 aromatic rings. The summed E-state index contributed by atoms with van der Waals surface area (Å²) in [5.41, 5.74) is 1.16. The first kappa shape index (κ1) is 15.9. The zero-order chi connectivity index (χ0) is 16.1. The standard InChI is InChI=1S/C19H23FN2O/c1-22(13-4-14-23-17-10-8-16(20)9-11-17)19(15-6-7-15)18-5-2-3-12-21-18/h2-3,5,8-12,15,19H,4,6-7,13-14H2,1H3. The van der Waals surface area contributed by atoms with Crippen LogP contribution in [0.15, 0.2) is 48.7 Å². The predicted octanol–water partition coefficient (Wildman–Crippen LogP) is 4.07. The van der Waals surface area contributed by atoms with Gasteiger partial charge in [-0.05, 0) is 68.6 Å². The Morgan fingerprint density at radius 1 is 1.22 bits per heavy atom. The molecule has 1 heterocycles. The summed E-state index contributed by atoms with van der Waals surface area (Å²) in [7, 11) is 2.16. The highest BCUT2D eigenvalue weighted by Gasteiger charge is 2.35. The molecule has 1 fully saturated rings. The SMILES string of the molecule is CN(CCCOc1ccc(F)cc1)C(c1ccccn1)C1CC1. The second kappa shape index (κ2) is 7.55. The third-order valence-corrected chi connectivity index (χ3v) is 4.27. The molecule has 0 amide bonds. The molecule has 1 aromatic heterocycles. The molecule has 4 heteroatoms. The zero-order valence-electron chi connectivity index (χ0n) is 13.5. The van der Waals surface area contributed by atoms with Gasteiger partial charge in [0.05, 0.1) is 18.3 Å². The third kappa shape index (κ3) is 4.52. The Balaban J connectivity index is 1.48. The Morgan fingerprint density at radius 2 is 2.00 bits per heavy atom. The van der Waals surface area contributed by atoms with Gasteiger partial charge in [-0.2, -0.15) is 0 Å². The maximum Gasteiger partial charge on any atom is 0.123 e. The minimum absolute atomic E-state index is 0.236. The molecule has 23 heavy (non-hydrogen) atoms. The minimum atomic E-state index is -0.236. The van der Waals surface area contributed by atoms with Crippen molar-refractivity contribution >= 4 is 0 Å². The van der Waals surface area contributed by atoms with E-state index in [2.05, 4.69) is 29.1 Å². The molecule has 3 rings (SSSR count). The molecule has 0 spiro atoms. The first-order chi connectivity index (χ1) is 11.2. The Bertz CT molecular complexity index is 599. The summed E-state index contributed by atoms with van der Waals surface area (Å²) in [5, 5.41) is 0. The first-order valence-corrected chi connectivity index (χ1v) is 8.23. The minimum Gasteiger partial charge on any atom is -0.494 e. The van der Waals surface area contributed by atoms with E-state index in [4.69, 9.17) is 4.74 Å². The highest BCUT2D eigenvalue weighted by Crippen LogP contribution is 2.43. The Morgan fingerprint density at radius 3 is 2.65 bits per heavy atom. The van der Waals surface area contributed by atoms with Gasteiger partial charge in [-0.1, -0.05) is 6.07 Å². The van der Waals surface area contributed by atoms with Gasteiger partial charge in [-0.25, -0.2) is 4.39 Å². The smallest absolute Gasteiger partial charge is 0.123 e. The lowest BCUT2D eigenvalue weighted by Crippen LogP contribution is -2.28. The van der Waals surface area contributed by atoms with Crippen molar-refractivity contribution in [2.45, 2.75) is 25.3 Å². The number of benzene rings is 1. The molecular formula is C19H23FN2O. The van der Waals surface area contributed by atoms with E-state index < -0.39 is 0 Å². The van der Waals surface area contributed by atoms with Gasteiger partial charge in [0.2, 0.25) is 0 Å². The van der Waals surface area contributed by atoms with Crippen LogP contribution < -0.4 is 4.74 Å². The predicted molar refractivity (Wildman–Crippen MR) is 88.8 cm³/mol. The quantitative estimate of drug-likeness (QED) is 0.687. The lowest BCUT2D eigenvalue weighted by atomic mass is 10.1. The summed E-state index contributed by atoms with van der Waals surface area (Å²) >= 11 is 0. The van der Waals surface area contributed by atoms with Gasteiger partial charge in [0, 0.05) is 12.7 Å². The molecular weight excluding hydrogens is 291 g/mol. The normalized spacial score (nSPS) is 15.6. The van der Waals surface area contributed by atoms with Crippen LogP contribution in [0.1, 0.15) is 31.0 Å². The summed E-state index contributed by atoms with van der Waals surface area (Å²) in [4.78, 5) is 6.92. The average molecular weight is 314 g/mol. The Labute approximate surface area is 137 Å². The van der Waals surface area contributed by atoms with Gasteiger partial charge in [-0.15, -0.1) is 0 Å². The van der Waals surface area contributed by atoms with E-state index in [9.17, 15) is 4.39 Å². The highest BCUT2D eigenvalue weighted by molar-refractivity contribution is 5.22. The summed E-state index contributed by atoms with van der Waals surface area (Å²) in [6.45, 7) is 1.59. The molecule has 0 bridgehead atoms. The molecule has 1 atom stereocenters. The Kier molecular flexibility index (Phi) is 5.23. The van der Waals surface area contributed by atoms with E-state index in [1.165, 1.54) is 25.0 Å². The van der Waals surface area contributed by atoms with Crippen LogP contribution in [-0.4, -0.2) is 30.1 Å². The fourth-order valence-corrected chi connectivity index (χ4v) is 2.96. The lowest BCUT2D eigenvalue weighted by Gasteiger charge is -2.27. The number of rotatable bonds is 8. The maximum absolute atomic E-state index is 12.8. The molecule has 122 valence electrons. The summed E-state index contributed by atoms with van der Waals surface area (Å²) in [5.74, 6) is 1.21. The van der Waals surface area contributed by atoms with Crippen molar-refractivity contribution in [1.29, 1.82) is 0 Å². The zero-order valence-corrected chi connectivity index (χ0v) is 13.5. The van der Waals surface area contributed by atoms with Crippen molar-refractivity contribution in [1.82, 2.24) is 9.88 Å². The number of hydrogen-bond acceptors (Lipinski definition) is 3. The van der Waals surface area contributed by atoms with E-state index in [0.29, 0.717) is 12.6 Å². The molecule has 3 nitrogen and oxygen atoms in total. The van der Waals surface area contributed by atoms with Gasteiger partial charge in [-0.3, -0.25) is 9.88 Å². The monoisotopic (exact) mass is 314 g/mol. The van der Waals surface area contributed by atoms with Gasteiger partial charge in [0.1, 0.15) is 11.6 Å². The Hall–Kier alpha value is -1.94. The number of ether oxygens (including phenoxy) is 1. The molecule has 1 aliphatic rings. The number of nitrogens with zero attached hydrogens (tertiary/aromatic N) is 2. The molecule has 1 unspecified atom stereocenters. The van der Waals surface area contributed by atoms with Crippen LogP contribution >= 0.6 is 0 Å². The van der Waals surface area contributed by atoms with Gasteiger partial charge >= 0.3 is 0 Å². The molecule has 0 radical (unpaired) electrons. The van der Waals surface area contributed by atoms with E-state index in [1.807, 2.05) is 12.3 Å². The van der Waals surface area contributed by atoms with Crippen LogP contribution in [0.4, 0.5) is 4.39 Å². The molecule has 1 saturated carbocycles. The van der Waals surface area contributed by atoms with Crippen molar-refractivity contribution in [3.8, 4) is 5.75 Å². The highest BCUT2D eigenvalue weighted by atomic mass is 19.1. The van der Waals surface area contributed by atoms with E-state index in [-0.39, 0.29) is 5.82 Å². The van der Waals surface area contributed by atoms with Crippen molar-refractivity contribution in [3.63, 3.8) is 0 Å². The first-order valence-electron chi connectivity index (χ1n) is 8.23. The fraction of sp³-hybridized carbons (Fsp3) is 0.421. The summed E-state index contributed by atoms with van der Waals surface area (Å²) in [6.07, 6.45) is 5.38. The van der Waals surface area contributed by atoms with Crippen LogP contribution in [0.5, 0.6) is 5.75 Å². The van der Waals surface area contributed by atoms with Gasteiger partial charge in [0.25, 0.3) is 0 Å². The van der Waals surface area contributed by atoms with Crippen molar-refractivity contribution in [2.24, 2.45) is 5.92 Å². The average Bonchev–Trinajstić information content (AvgIpc) is 3.39. The molecule has 0 N–H and O–H groups in total. The maximum atomic E-state index is 12.8. The van der Waals surface area contributed by atoms with Gasteiger partial charge in [0.15, 0.2) is 0 Å². The van der Waals surface area contributed by atoms with Crippen molar-refractivity contribution in [3.05, 3.63) is 60.2 Å². The van der Waals surface area contributed by atoms with E-state index >= 15 is 0 Å². The van der Waals surface area contributed by atoms with Gasteiger partial charge < -0.3 is 4.74 Å². The number of halogens is 1. The number of aromatic nitrogens is 1. The van der Waals surface area contributed by atoms with Crippen molar-refractivity contribution < 1.29 is 9.13 Å². The van der Waals surface area contributed by atoms with Crippen molar-refractivity contribution in [2.75, 3.05) is 20.2 Å². The topological polar surface area (TPSA) is 25.4 Å². The lowest BCUT2D eigenvalue weighted by molar-refractivity contribution is 0.195. The van der Waals surface area contributed by atoms with Crippen LogP contribution in [0.2, 0.25) is 0 Å². The largest absolute Gasteiger partial charge is 0.494 e. The molecule has 0 aliphatic heterocycles. The summed E-state index contributed by atoms with van der Waals surface area (Å²) < 4.78 is 18.5. The van der Waals surface area contributed by atoms with E-state index in [1.54, 1.807) is 12.1 Å². The second-order valence-electron chi connectivity index (χ2n) is 6.17. The fourth-order valence-electron chi connectivity index (χ4n) is 2.96. The molecule has 1 aromatic carbocycles. The number of hydrogen-bond donors (Lipinski definition) is 0. The molecule has 1 aliphatic carbocycles. The second-order valence-corrected chi connectivity index (χ2v) is 6.17. The van der Waals surface area contributed by atoms with Crippen LogP contribution in [0, 0.1) is 11.7 Å². The van der Waals surface area contributed by atoms with Crippen LogP contribution in [0.25, 0.3) is 0 Å². The third-order valence-electron chi connectivity index (χ3n) is 4.27. The van der Waals surface area contributed by atoms with Crippen LogP contribution in [0.3, 0.4) is 0 Å². The van der Waals surface area contributed by atoms with Crippen LogP contribution in [-0.2, 0) is 0 Å².